The molecule has 1 saturated heterocycles. The van der Waals surface area contributed by atoms with E-state index in [0.29, 0.717) is 6.54 Å². The lowest BCUT2D eigenvalue weighted by Gasteiger charge is -2.36. The summed E-state index contributed by atoms with van der Waals surface area (Å²) >= 11 is 0. The summed E-state index contributed by atoms with van der Waals surface area (Å²) in [5.74, 6) is 0. The highest BCUT2D eigenvalue weighted by Crippen LogP contribution is 2.22. The molecule has 1 aliphatic rings. The summed E-state index contributed by atoms with van der Waals surface area (Å²) in [4.78, 5) is 18.3. The molecule has 0 aliphatic carbocycles. The molecule has 2 amide bonds. The highest BCUT2D eigenvalue weighted by atomic mass is 16.5. The van der Waals surface area contributed by atoms with Crippen molar-refractivity contribution >= 4 is 17.4 Å². The van der Waals surface area contributed by atoms with Crippen molar-refractivity contribution in [1.82, 2.24) is 10.3 Å². The van der Waals surface area contributed by atoms with Gasteiger partial charge in [0.05, 0.1) is 12.2 Å². The lowest BCUT2D eigenvalue weighted by molar-refractivity contribution is -0.00521. The molecule has 3 rings (SSSR count). The maximum absolute atomic E-state index is 12.0. The lowest BCUT2D eigenvalue weighted by Crippen LogP contribution is -2.45. The van der Waals surface area contributed by atoms with Gasteiger partial charge in [-0.3, -0.25) is 4.98 Å². The molecule has 1 aromatic heterocycles. The second kappa shape index (κ2) is 7.98. The van der Waals surface area contributed by atoms with Crippen molar-refractivity contribution in [2.45, 2.75) is 32.6 Å². The maximum Gasteiger partial charge on any atom is 0.319 e. The van der Waals surface area contributed by atoms with E-state index in [-0.39, 0.29) is 18.2 Å². The van der Waals surface area contributed by atoms with E-state index in [2.05, 4.69) is 34.4 Å². The van der Waals surface area contributed by atoms with Crippen LogP contribution in [0.1, 0.15) is 19.4 Å². The quantitative estimate of drug-likeness (QED) is 0.898. The van der Waals surface area contributed by atoms with Crippen LogP contribution < -0.4 is 15.5 Å². The van der Waals surface area contributed by atoms with Gasteiger partial charge in [0.1, 0.15) is 0 Å². The molecular weight excluding hydrogens is 316 g/mol. The zero-order valence-corrected chi connectivity index (χ0v) is 14.6. The Balaban J connectivity index is 1.52. The molecule has 0 saturated carbocycles. The van der Waals surface area contributed by atoms with E-state index >= 15 is 0 Å². The molecule has 1 aromatic carbocycles. The van der Waals surface area contributed by atoms with Gasteiger partial charge in [0.15, 0.2) is 0 Å². The Bertz CT molecular complexity index is 680. The van der Waals surface area contributed by atoms with Crippen LogP contribution in [0.5, 0.6) is 0 Å². The van der Waals surface area contributed by atoms with Gasteiger partial charge in [-0.25, -0.2) is 4.79 Å². The van der Waals surface area contributed by atoms with Gasteiger partial charge in [-0.1, -0.05) is 6.07 Å². The summed E-state index contributed by atoms with van der Waals surface area (Å²) in [6, 6.07) is 11.4. The van der Waals surface area contributed by atoms with Crippen LogP contribution in [-0.4, -0.2) is 36.3 Å². The van der Waals surface area contributed by atoms with Gasteiger partial charge >= 0.3 is 6.03 Å². The Morgan fingerprint density at radius 2 is 1.92 bits per heavy atom. The summed E-state index contributed by atoms with van der Waals surface area (Å²) in [6.07, 6.45) is 3.89. The molecule has 132 valence electrons. The fourth-order valence-corrected chi connectivity index (χ4v) is 3.00. The van der Waals surface area contributed by atoms with Crippen molar-refractivity contribution in [1.29, 1.82) is 0 Å². The predicted octanol–water partition coefficient (Wildman–Crippen LogP) is 3.02. The number of hydrogen-bond acceptors (Lipinski definition) is 4. The average Bonchev–Trinajstić information content (AvgIpc) is 2.61. The predicted molar refractivity (Wildman–Crippen MR) is 98.8 cm³/mol. The highest BCUT2D eigenvalue weighted by molar-refractivity contribution is 5.89. The fourth-order valence-electron chi connectivity index (χ4n) is 3.00. The van der Waals surface area contributed by atoms with E-state index in [9.17, 15) is 4.79 Å². The Kier molecular flexibility index (Phi) is 5.50. The first-order chi connectivity index (χ1) is 12.1. The number of anilines is 2. The first kappa shape index (κ1) is 17.2. The topological polar surface area (TPSA) is 66.5 Å². The number of rotatable bonds is 4. The number of urea groups is 1. The van der Waals surface area contributed by atoms with E-state index < -0.39 is 0 Å². The number of pyridine rings is 1. The molecular formula is C19H24N4O2. The zero-order valence-electron chi connectivity index (χ0n) is 14.6. The number of benzene rings is 1. The Morgan fingerprint density at radius 3 is 2.56 bits per heavy atom. The standard InChI is InChI=1S/C19H24N4O2/c1-14-12-23(13-15(2)25-14)18-7-5-17(6-8-18)22-19(24)21-11-16-4-3-9-20-10-16/h3-10,14-15H,11-13H2,1-2H3,(H2,21,22,24). The summed E-state index contributed by atoms with van der Waals surface area (Å²) in [5, 5.41) is 5.67. The summed E-state index contributed by atoms with van der Waals surface area (Å²) in [5.41, 5.74) is 2.87. The number of nitrogens with zero attached hydrogens (tertiary/aromatic N) is 2. The highest BCUT2D eigenvalue weighted by Gasteiger charge is 2.22. The van der Waals surface area contributed by atoms with Gasteiger partial charge < -0.3 is 20.3 Å². The smallest absolute Gasteiger partial charge is 0.319 e. The first-order valence-corrected chi connectivity index (χ1v) is 8.54. The molecule has 2 heterocycles. The molecule has 2 N–H and O–H groups in total. The Morgan fingerprint density at radius 1 is 1.20 bits per heavy atom. The van der Waals surface area contributed by atoms with Crippen LogP contribution in [-0.2, 0) is 11.3 Å². The van der Waals surface area contributed by atoms with Crippen molar-refractivity contribution in [3.05, 3.63) is 54.4 Å². The van der Waals surface area contributed by atoms with E-state index in [4.69, 9.17) is 4.74 Å². The second-order valence-corrected chi connectivity index (χ2v) is 6.38. The third kappa shape index (κ3) is 4.93. The maximum atomic E-state index is 12.0. The van der Waals surface area contributed by atoms with Crippen molar-refractivity contribution in [3.8, 4) is 0 Å². The van der Waals surface area contributed by atoms with Crippen LogP contribution in [0.15, 0.2) is 48.8 Å². The second-order valence-electron chi connectivity index (χ2n) is 6.38. The Labute approximate surface area is 148 Å². The van der Waals surface area contributed by atoms with Gasteiger partial charge in [0.25, 0.3) is 0 Å². The monoisotopic (exact) mass is 340 g/mol. The Hall–Kier alpha value is -2.60. The third-order valence-corrected chi connectivity index (χ3v) is 4.09. The molecule has 6 nitrogen and oxygen atoms in total. The molecule has 2 aromatic rings. The summed E-state index contributed by atoms with van der Waals surface area (Å²) in [6.45, 7) is 6.38. The molecule has 0 bridgehead atoms. The summed E-state index contributed by atoms with van der Waals surface area (Å²) in [7, 11) is 0. The number of morpholine rings is 1. The van der Waals surface area contributed by atoms with Gasteiger partial charge in [0, 0.05) is 43.4 Å². The van der Waals surface area contributed by atoms with Crippen molar-refractivity contribution in [3.63, 3.8) is 0 Å². The molecule has 1 aliphatic heterocycles. The van der Waals surface area contributed by atoms with E-state index in [1.165, 1.54) is 0 Å². The number of carbonyl (C=O) groups is 1. The van der Waals surface area contributed by atoms with Crippen LogP contribution in [0, 0.1) is 0 Å². The number of carbonyl (C=O) groups excluding carboxylic acids is 1. The lowest BCUT2D eigenvalue weighted by atomic mass is 10.2. The molecule has 1 fully saturated rings. The minimum Gasteiger partial charge on any atom is -0.372 e. The fraction of sp³-hybridized carbons (Fsp3) is 0.368. The third-order valence-electron chi connectivity index (χ3n) is 4.09. The number of amides is 2. The van der Waals surface area contributed by atoms with Gasteiger partial charge in [-0.2, -0.15) is 0 Å². The van der Waals surface area contributed by atoms with Crippen molar-refractivity contribution in [2.75, 3.05) is 23.3 Å². The van der Waals surface area contributed by atoms with Crippen molar-refractivity contribution < 1.29 is 9.53 Å². The van der Waals surface area contributed by atoms with Crippen LogP contribution in [0.3, 0.4) is 0 Å². The SMILES string of the molecule is CC1CN(c2ccc(NC(=O)NCc3cccnc3)cc2)CC(C)O1. The zero-order chi connectivity index (χ0) is 17.6. The molecule has 0 spiro atoms. The number of ether oxygens (including phenoxy) is 1. The largest absolute Gasteiger partial charge is 0.372 e. The molecule has 2 unspecified atom stereocenters. The van der Waals surface area contributed by atoms with Crippen LogP contribution in [0.4, 0.5) is 16.2 Å². The van der Waals surface area contributed by atoms with E-state index in [1.807, 2.05) is 36.4 Å². The number of hydrogen-bond donors (Lipinski definition) is 2. The molecule has 6 heteroatoms. The number of aromatic nitrogens is 1. The van der Waals surface area contributed by atoms with Crippen molar-refractivity contribution in [2.24, 2.45) is 0 Å². The van der Waals surface area contributed by atoms with E-state index in [0.717, 1.165) is 30.0 Å². The minimum atomic E-state index is -0.231. The molecule has 25 heavy (non-hydrogen) atoms. The molecule has 0 radical (unpaired) electrons. The van der Waals surface area contributed by atoms with Gasteiger partial charge in [-0.15, -0.1) is 0 Å². The van der Waals surface area contributed by atoms with Gasteiger partial charge in [-0.05, 0) is 49.7 Å². The average molecular weight is 340 g/mol. The first-order valence-electron chi connectivity index (χ1n) is 8.54. The van der Waals surface area contributed by atoms with Crippen LogP contribution in [0.25, 0.3) is 0 Å². The van der Waals surface area contributed by atoms with Crippen LogP contribution in [0.2, 0.25) is 0 Å². The summed E-state index contributed by atoms with van der Waals surface area (Å²) < 4.78 is 5.77. The normalized spacial score (nSPS) is 20.2. The minimum absolute atomic E-state index is 0.222. The van der Waals surface area contributed by atoms with E-state index in [1.54, 1.807) is 12.4 Å². The van der Waals surface area contributed by atoms with Gasteiger partial charge in [0.2, 0.25) is 0 Å². The molecule has 2 atom stereocenters. The van der Waals surface area contributed by atoms with Crippen LogP contribution >= 0.6 is 0 Å². The number of nitrogens with one attached hydrogen (secondary N) is 2.